The van der Waals surface area contributed by atoms with Crippen molar-refractivity contribution in [3.63, 3.8) is 0 Å². The van der Waals surface area contributed by atoms with Gasteiger partial charge in [-0.1, -0.05) is 6.07 Å². The molecular weight excluding hydrogens is 230 g/mol. The number of hydrogen-bond donors (Lipinski definition) is 2. The molecule has 1 saturated heterocycles. The molecule has 2 N–H and O–H groups in total. The second-order valence-corrected chi connectivity index (χ2v) is 5.03. The predicted octanol–water partition coefficient (Wildman–Crippen LogP) is 2.06. The van der Waals surface area contributed by atoms with Crippen molar-refractivity contribution < 1.29 is 14.6 Å². The smallest absolute Gasteiger partial charge is 0.123 e. The molecule has 100 valence electrons. The van der Waals surface area contributed by atoms with Crippen LogP contribution in [0.3, 0.4) is 0 Å². The summed E-state index contributed by atoms with van der Waals surface area (Å²) in [6, 6.07) is 5.37. The predicted molar refractivity (Wildman–Crippen MR) is 69.9 cm³/mol. The lowest BCUT2D eigenvalue weighted by Crippen LogP contribution is -2.47. The van der Waals surface area contributed by atoms with Crippen molar-refractivity contribution in [2.75, 3.05) is 13.7 Å². The van der Waals surface area contributed by atoms with Crippen LogP contribution in [0.1, 0.15) is 25.8 Å². The molecule has 18 heavy (non-hydrogen) atoms. The number of ether oxygens (including phenoxy) is 2. The van der Waals surface area contributed by atoms with Crippen LogP contribution in [-0.4, -0.2) is 30.5 Å². The lowest BCUT2D eigenvalue weighted by Gasteiger charge is -2.29. The van der Waals surface area contributed by atoms with Gasteiger partial charge in [0.1, 0.15) is 11.5 Å². The van der Waals surface area contributed by atoms with Crippen molar-refractivity contribution in [2.24, 2.45) is 0 Å². The number of methoxy groups -OCH3 is 1. The van der Waals surface area contributed by atoms with Gasteiger partial charge in [0, 0.05) is 30.3 Å². The molecule has 2 atom stereocenters. The molecule has 4 nitrogen and oxygen atoms in total. The molecule has 1 heterocycles. The summed E-state index contributed by atoms with van der Waals surface area (Å²) >= 11 is 0. The topological polar surface area (TPSA) is 50.7 Å². The molecule has 1 aromatic rings. The van der Waals surface area contributed by atoms with Crippen LogP contribution in [0.15, 0.2) is 18.2 Å². The van der Waals surface area contributed by atoms with Gasteiger partial charge in [-0.05, 0) is 26.3 Å². The first-order valence-electron chi connectivity index (χ1n) is 6.28. The number of aromatic hydroxyl groups is 1. The van der Waals surface area contributed by atoms with E-state index < -0.39 is 0 Å². The molecule has 1 fully saturated rings. The van der Waals surface area contributed by atoms with Crippen LogP contribution < -0.4 is 10.1 Å². The summed E-state index contributed by atoms with van der Waals surface area (Å²) in [6.45, 7) is 5.65. The van der Waals surface area contributed by atoms with E-state index in [1.54, 1.807) is 13.2 Å². The molecule has 1 aliphatic heterocycles. The van der Waals surface area contributed by atoms with Gasteiger partial charge in [0.15, 0.2) is 0 Å². The first-order valence-corrected chi connectivity index (χ1v) is 6.28. The van der Waals surface area contributed by atoms with Crippen molar-refractivity contribution in [1.29, 1.82) is 0 Å². The summed E-state index contributed by atoms with van der Waals surface area (Å²) in [7, 11) is 1.59. The highest BCUT2D eigenvalue weighted by molar-refractivity contribution is 5.39. The normalized spacial score (nSPS) is 27.4. The van der Waals surface area contributed by atoms with E-state index in [-0.39, 0.29) is 17.4 Å². The van der Waals surface area contributed by atoms with E-state index in [1.807, 2.05) is 12.1 Å². The fraction of sp³-hybridized carbons (Fsp3) is 0.571. The van der Waals surface area contributed by atoms with E-state index in [9.17, 15) is 5.11 Å². The number of phenols is 1. The van der Waals surface area contributed by atoms with Crippen molar-refractivity contribution in [2.45, 2.75) is 38.5 Å². The Labute approximate surface area is 108 Å². The Hall–Kier alpha value is -1.26. The summed E-state index contributed by atoms with van der Waals surface area (Å²) < 4.78 is 10.6. The van der Waals surface area contributed by atoms with E-state index in [0.717, 1.165) is 18.6 Å². The minimum atomic E-state index is -0.0215. The molecule has 0 spiro atoms. The summed E-state index contributed by atoms with van der Waals surface area (Å²) in [5.74, 6) is 0.928. The lowest BCUT2D eigenvalue weighted by molar-refractivity contribution is 0.0880. The average molecular weight is 251 g/mol. The molecule has 1 aromatic carbocycles. The second kappa shape index (κ2) is 5.16. The molecule has 0 bridgehead atoms. The van der Waals surface area contributed by atoms with Gasteiger partial charge in [0.25, 0.3) is 0 Å². The maximum Gasteiger partial charge on any atom is 0.123 e. The van der Waals surface area contributed by atoms with Gasteiger partial charge in [0.2, 0.25) is 0 Å². The average Bonchev–Trinajstić information content (AvgIpc) is 2.68. The maximum absolute atomic E-state index is 9.89. The Morgan fingerprint density at radius 2 is 2.33 bits per heavy atom. The standard InChI is InChI=1S/C14H21NO3/c1-10-14(2,6-7-18-10)15-9-11-4-5-12(17-3)8-13(11)16/h4-5,8,10,15-16H,6-7,9H2,1-3H3. The van der Waals surface area contributed by atoms with Gasteiger partial charge in [0.05, 0.1) is 13.2 Å². The zero-order valence-electron chi connectivity index (χ0n) is 11.2. The van der Waals surface area contributed by atoms with Gasteiger partial charge >= 0.3 is 0 Å². The van der Waals surface area contributed by atoms with E-state index >= 15 is 0 Å². The number of phenolic OH excluding ortho intramolecular Hbond substituents is 1. The minimum Gasteiger partial charge on any atom is -0.507 e. The summed E-state index contributed by atoms with van der Waals surface area (Å²) in [4.78, 5) is 0. The molecule has 0 aliphatic carbocycles. The van der Waals surface area contributed by atoms with E-state index in [4.69, 9.17) is 9.47 Å². The zero-order valence-corrected chi connectivity index (χ0v) is 11.2. The monoisotopic (exact) mass is 251 g/mol. The van der Waals surface area contributed by atoms with Crippen molar-refractivity contribution >= 4 is 0 Å². The highest BCUT2D eigenvalue weighted by atomic mass is 16.5. The zero-order chi connectivity index (χ0) is 13.2. The Balaban J connectivity index is 2.02. The molecule has 0 saturated carbocycles. The van der Waals surface area contributed by atoms with Gasteiger partial charge < -0.3 is 19.9 Å². The highest BCUT2D eigenvalue weighted by Crippen LogP contribution is 2.28. The molecule has 4 heteroatoms. The van der Waals surface area contributed by atoms with Crippen LogP contribution >= 0.6 is 0 Å². The second-order valence-electron chi connectivity index (χ2n) is 5.03. The molecule has 0 aromatic heterocycles. The third-order valence-corrected chi connectivity index (χ3v) is 3.86. The van der Waals surface area contributed by atoms with Crippen LogP contribution in [0.25, 0.3) is 0 Å². The van der Waals surface area contributed by atoms with Crippen molar-refractivity contribution in [3.05, 3.63) is 23.8 Å². The minimum absolute atomic E-state index is 0.0215. The van der Waals surface area contributed by atoms with Crippen LogP contribution in [0, 0.1) is 0 Å². The number of rotatable bonds is 4. The van der Waals surface area contributed by atoms with Gasteiger partial charge in [-0.3, -0.25) is 0 Å². The molecular formula is C14H21NO3. The summed E-state index contributed by atoms with van der Waals surface area (Å²) in [6.07, 6.45) is 1.18. The van der Waals surface area contributed by atoms with E-state index in [2.05, 4.69) is 19.2 Å². The molecule has 1 aliphatic rings. The van der Waals surface area contributed by atoms with Crippen LogP contribution in [0.4, 0.5) is 0 Å². The molecule has 0 radical (unpaired) electrons. The number of hydrogen-bond acceptors (Lipinski definition) is 4. The van der Waals surface area contributed by atoms with Crippen molar-refractivity contribution in [3.8, 4) is 11.5 Å². The third-order valence-electron chi connectivity index (χ3n) is 3.86. The van der Waals surface area contributed by atoms with E-state index in [0.29, 0.717) is 12.3 Å². The fourth-order valence-electron chi connectivity index (χ4n) is 2.18. The first kappa shape index (κ1) is 13.2. The fourth-order valence-corrected chi connectivity index (χ4v) is 2.18. The summed E-state index contributed by atoms with van der Waals surface area (Å²) in [5, 5.41) is 13.4. The van der Waals surface area contributed by atoms with Gasteiger partial charge in [-0.25, -0.2) is 0 Å². The Morgan fingerprint density at radius 3 is 2.89 bits per heavy atom. The van der Waals surface area contributed by atoms with E-state index in [1.165, 1.54) is 0 Å². The van der Waals surface area contributed by atoms with Crippen LogP contribution in [-0.2, 0) is 11.3 Å². The lowest BCUT2D eigenvalue weighted by atomic mass is 9.94. The van der Waals surface area contributed by atoms with Crippen molar-refractivity contribution in [1.82, 2.24) is 5.32 Å². The SMILES string of the molecule is COc1ccc(CNC2(C)CCOC2C)c(O)c1. The Bertz CT molecular complexity index is 422. The number of benzene rings is 1. The highest BCUT2D eigenvalue weighted by Gasteiger charge is 2.36. The number of nitrogens with one attached hydrogen (secondary N) is 1. The Kier molecular flexibility index (Phi) is 3.78. The van der Waals surface area contributed by atoms with Crippen LogP contribution in [0.2, 0.25) is 0 Å². The summed E-state index contributed by atoms with van der Waals surface area (Å²) in [5.41, 5.74) is 0.850. The van der Waals surface area contributed by atoms with Gasteiger partial charge in [-0.2, -0.15) is 0 Å². The van der Waals surface area contributed by atoms with Crippen LogP contribution in [0.5, 0.6) is 11.5 Å². The quantitative estimate of drug-likeness (QED) is 0.860. The van der Waals surface area contributed by atoms with Gasteiger partial charge in [-0.15, -0.1) is 0 Å². The largest absolute Gasteiger partial charge is 0.507 e. The molecule has 2 unspecified atom stereocenters. The molecule has 0 amide bonds. The third kappa shape index (κ3) is 2.60. The maximum atomic E-state index is 9.89. The Morgan fingerprint density at radius 1 is 1.56 bits per heavy atom. The first-order chi connectivity index (χ1) is 8.55. The molecule has 2 rings (SSSR count).